The molecular formula is C14H8F3N3O6. The van der Waals surface area contributed by atoms with E-state index < -0.39 is 44.6 Å². The van der Waals surface area contributed by atoms with Gasteiger partial charge in [0, 0.05) is 17.7 Å². The Kier molecular flexibility index (Phi) is 5.05. The molecule has 2 aromatic rings. The largest absolute Gasteiger partial charge is 0.416 e. The normalized spacial score (nSPS) is 10.9. The average molecular weight is 371 g/mol. The lowest BCUT2D eigenvalue weighted by Crippen LogP contribution is -2.27. The second-order valence-corrected chi connectivity index (χ2v) is 4.75. The first-order chi connectivity index (χ1) is 12.1. The van der Waals surface area contributed by atoms with E-state index in [1.165, 1.54) is 24.3 Å². The van der Waals surface area contributed by atoms with Crippen LogP contribution in [0.3, 0.4) is 0 Å². The monoisotopic (exact) mass is 371 g/mol. The van der Waals surface area contributed by atoms with Gasteiger partial charge in [0.1, 0.15) is 0 Å². The fraction of sp³-hybridized carbons (Fsp3) is 0.0714. The molecule has 0 unspecified atom stereocenters. The molecule has 2 aromatic carbocycles. The van der Waals surface area contributed by atoms with Crippen LogP contribution >= 0.6 is 0 Å². The predicted octanol–water partition coefficient (Wildman–Crippen LogP) is 3.25. The quantitative estimate of drug-likeness (QED) is 0.635. The maximum atomic E-state index is 12.8. The van der Waals surface area contributed by atoms with Crippen LogP contribution in [-0.2, 0) is 6.18 Å². The van der Waals surface area contributed by atoms with Gasteiger partial charge in [-0.3, -0.25) is 25.0 Å². The van der Waals surface area contributed by atoms with E-state index in [9.17, 15) is 38.2 Å². The Labute approximate surface area is 142 Å². The molecule has 0 aromatic heterocycles. The van der Waals surface area contributed by atoms with E-state index in [1.807, 2.05) is 0 Å². The minimum absolute atomic E-state index is 0.0599. The second kappa shape index (κ2) is 7.04. The summed E-state index contributed by atoms with van der Waals surface area (Å²) in [6.45, 7) is 0. The zero-order valence-electron chi connectivity index (χ0n) is 12.5. The molecule has 0 spiro atoms. The number of hydroxylamine groups is 1. The van der Waals surface area contributed by atoms with Crippen LogP contribution in [0.15, 0.2) is 42.5 Å². The summed E-state index contributed by atoms with van der Waals surface area (Å²) in [7, 11) is 0. The van der Waals surface area contributed by atoms with Gasteiger partial charge in [-0.05, 0) is 12.1 Å². The van der Waals surface area contributed by atoms with Crippen molar-refractivity contribution in [3.8, 4) is 5.75 Å². The standard InChI is InChI=1S/C14H8F3N3O6/c15-14(16,17)9-6-10(19(22)23)12(11(7-9)20(24)25)26-18-13(21)8-4-2-1-3-5-8/h1-7H,(H,18,21). The molecule has 2 rings (SSSR count). The van der Waals surface area contributed by atoms with Crippen molar-refractivity contribution in [1.82, 2.24) is 5.48 Å². The van der Waals surface area contributed by atoms with Crippen LogP contribution in [0.2, 0.25) is 0 Å². The SMILES string of the molecule is O=C(NOc1c([N+](=O)[O-])cc(C(F)(F)F)cc1[N+](=O)[O-])c1ccccc1. The van der Waals surface area contributed by atoms with Crippen LogP contribution < -0.4 is 10.3 Å². The first kappa shape index (κ1) is 18.6. The van der Waals surface area contributed by atoms with Crippen LogP contribution in [0.25, 0.3) is 0 Å². The minimum atomic E-state index is -5.05. The Morgan fingerprint density at radius 2 is 1.50 bits per heavy atom. The summed E-state index contributed by atoms with van der Waals surface area (Å²) in [4.78, 5) is 35.9. The van der Waals surface area contributed by atoms with Crippen molar-refractivity contribution < 1.29 is 32.6 Å². The van der Waals surface area contributed by atoms with E-state index in [4.69, 9.17) is 0 Å². The molecule has 0 aliphatic heterocycles. The van der Waals surface area contributed by atoms with Gasteiger partial charge in [0.15, 0.2) is 0 Å². The van der Waals surface area contributed by atoms with Crippen molar-refractivity contribution in [1.29, 1.82) is 0 Å². The van der Waals surface area contributed by atoms with E-state index >= 15 is 0 Å². The number of nitrogens with zero attached hydrogens (tertiary/aromatic N) is 2. The summed E-state index contributed by atoms with van der Waals surface area (Å²) < 4.78 is 38.4. The summed E-state index contributed by atoms with van der Waals surface area (Å²) >= 11 is 0. The van der Waals surface area contributed by atoms with Crippen molar-refractivity contribution in [3.05, 3.63) is 73.8 Å². The van der Waals surface area contributed by atoms with Gasteiger partial charge in [-0.2, -0.15) is 18.7 Å². The third-order valence-electron chi connectivity index (χ3n) is 3.05. The minimum Gasteiger partial charge on any atom is -0.364 e. The summed E-state index contributed by atoms with van der Waals surface area (Å²) in [5.41, 5.74) is -2.44. The predicted molar refractivity (Wildman–Crippen MR) is 79.3 cm³/mol. The van der Waals surface area contributed by atoms with Gasteiger partial charge in [-0.25, -0.2) is 0 Å². The number of hydrogen-bond donors (Lipinski definition) is 1. The topological polar surface area (TPSA) is 125 Å². The van der Waals surface area contributed by atoms with Crippen LogP contribution in [0, 0.1) is 20.2 Å². The Bertz CT molecular complexity index is 835. The Morgan fingerprint density at radius 1 is 1.00 bits per heavy atom. The number of nitro groups is 2. The van der Waals surface area contributed by atoms with E-state index in [1.54, 1.807) is 11.5 Å². The lowest BCUT2D eigenvalue weighted by atomic mass is 10.1. The highest BCUT2D eigenvalue weighted by molar-refractivity contribution is 5.93. The highest BCUT2D eigenvalue weighted by Crippen LogP contribution is 2.42. The Balaban J connectivity index is 2.44. The molecule has 136 valence electrons. The summed E-state index contributed by atoms with van der Waals surface area (Å²) in [6, 6.07) is 7.47. The van der Waals surface area contributed by atoms with Crippen molar-refractivity contribution in [2.24, 2.45) is 0 Å². The number of nitro benzene ring substituents is 2. The number of carbonyl (C=O) groups excluding carboxylic acids is 1. The molecule has 0 radical (unpaired) electrons. The van der Waals surface area contributed by atoms with Crippen molar-refractivity contribution >= 4 is 17.3 Å². The van der Waals surface area contributed by atoms with Gasteiger partial charge >= 0.3 is 23.3 Å². The maximum absolute atomic E-state index is 12.8. The molecule has 0 fully saturated rings. The fourth-order valence-electron chi connectivity index (χ4n) is 1.88. The van der Waals surface area contributed by atoms with Crippen LogP contribution in [0.1, 0.15) is 15.9 Å². The molecule has 0 aliphatic carbocycles. The molecule has 0 atom stereocenters. The van der Waals surface area contributed by atoms with Gasteiger partial charge < -0.3 is 4.84 Å². The number of amides is 1. The van der Waals surface area contributed by atoms with E-state index in [0.717, 1.165) is 0 Å². The third kappa shape index (κ3) is 4.03. The molecule has 9 nitrogen and oxygen atoms in total. The molecule has 0 saturated heterocycles. The number of benzene rings is 2. The molecule has 1 amide bonds. The highest BCUT2D eigenvalue weighted by atomic mass is 19.4. The second-order valence-electron chi connectivity index (χ2n) is 4.75. The Hall–Kier alpha value is -3.70. The highest BCUT2D eigenvalue weighted by Gasteiger charge is 2.39. The van der Waals surface area contributed by atoms with E-state index in [2.05, 4.69) is 4.84 Å². The molecule has 0 saturated carbocycles. The number of hydrogen-bond acceptors (Lipinski definition) is 6. The first-order valence-corrected chi connectivity index (χ1v) is 6.67. The van der Waals surface area contributed by atoms with Crippen molar-refractivity contribution in [2.45, 2.75) is 6.18 Å². The number of rotatable bonds is 5. The molecule has 0 aliphatic rings. The first-order valence-electron chi connectivity index (χ1n) is 6.67. The molecule has 12 heteroatoms. The zero-order chi connectivity index (χ0) is 19.5. The summed E-state index contributed by atoms with van der Waals surface area (Å²) in [5, 5.41) is 22.0. The molecule has 1 N–H and O–H groups in total. The van der Waals surface area contributed by atoms with Gasteiger partial charge in [0.05, 0.1) is 15.4 Å². The average Bonchev–Trinajstić information content (AvgIpc) is 2.58. The molecular weight excluding hydrogens is 363 g/mol. The third-order valence-corrected chi connectivity index (χ3v) is 3.05. The zero-order valence-corrected chi connectivity index (χ0v) is 12.5. The number of nitrogens with one attached hydrogen (secondary N) is 1. The van der Waals surface area contributed by atoms with Gasteiger partial charge in [0.25, 0.3) is 5.91 Å². The maximum Gasteiger partial charge on any atom is 0.416 e. The van der Waals surface area contributed by atoms with Gasteiger partial charge in [-0.1, -0.05) is 18.2 Å². The molecule has 26 heavy (non-hydrogen) atoms. The van der Waals surface area contributed by atoms with E-state index in [-0.39, 0.29) is 17.7 Å². The molecule has 0 heterocycles. The van der Waals surface area contributed by atoms with Crippen LogP contribution in [0.5, 0.6) is 5.75 Å². The van der Waals surface area contributed by atoms with Gasteiger partial charge in [-0.15, -0.1) is 0 Å². The summed E-state index contributed by atoms with van der Waals surface area (Å²) in [6.07, 6.45) is -5.05. The fourth-order valence-corrected chi connectivity index (χ4v) is 1.88. The van der Waals surface area contributed by atoms with Crippen LogP contribution in [-0.4, -0.2) is 15.8 Å². The summed E-state index contributed by atoms with van der Waals surface area (Å²) in [5.74, 6) is -2.04. The number of carbonyl (C=O) groups is 1. The Morgan fingerprint density at radius 3 is 1.92 bits per heavy atom. The number of alkyl halides is 3. The lowest BCUT2D eigenvalue weighted by Gasteiger charge is -2.11. The van der Waals surface area contributed by atoms with Crippen molar-refractivity contribution in [3.63, 3.8) is 0 Å². The smallest absolute Gasteiger partial charge is 0.364 e. The van der Waals surface area contributed by atoms with Crippen LogP contribution in [0.4, 0.5) is 24.5 Å². The number of halogens is 3. The van der Waals surface area contributed by atoms with E-state index in [0.29, 0.717) is 0 Å². The van der Waals surface area contributed by atoms with Gasteiger partial charge in [0.2, 0.25) is 0 Å². The van der Waals surface area contributed by atoms with Crippen molar-refractivity contribution in [2.75, 3.05) is 0 Å². The lowest BCUT2D eigenvalue weighted by molar-refractivity contribution is -0.396. The molecule has 0 bridgehead atoms.